The Labute approximate surface area is 152 Å². The van der Waals surface area contributed by atoms with Crippen molar-refractivity contribution in [3.8, 4) is 5.75 Å². The Balaban J connectivity index is 1.86. The molecular weight excluding hydrogens is 336 g/mol. The van der Waals surface area contributed by atoms with Gasteiger partial charge < -0.3 is 10.5 Å². The highest BCUT2D eigenvalue weighted by atomic mass is 32.1. The van der Waals surface area contributed by atoms with E-state index >= 15 is 0 Å². The molecule has 1 aromatic heterocycles. The minimum atomic E-state index is -0.293. The zero-order valence-electron chi connectivity index (χ0n) is 14.6. The molecule has 134 valence electrons. The SMILES string of the molecule is CCCCCOc1ccc(/C=N\NC(=O)c2sc(N)nc2CC)cc1. The second-order valence-corrected chi connectivity index (χ2v) is 6.54. The van der Waals surface area contributed by atoms with Crippen LogP contribution < -0.4 is 15.9 Å². The van der Waals surface area contributed by atoms with E-state index in [2.05, 4.69) is 22.4 Å². The second kappa shape index (κ2) is 9.78. The summed E-state index contributed by atoms with van der Waals surface area (Å²) < 4.78 is 5.66. The van der Waals surface area contributed by atoms with Crippen molar-refractivity contribution in [1.29, 1.82) is 0 Å². The van der Waals surface area contributed by atoms with Crippen LogP contribution in [0.3, 0.4) is 0 Å². The monoisotopic (exact) mass is 360 g/mol. The lowest BCUT2D eigenvalue weighted by molar-refractivity contribution is 0.0958. The molecule has 0 aliphatic carbocycles. The first-order valence-corrected chi connectivity index (χ1v) is 9.27. The molecule has 0 saturated heterocycles. The molecular formula is C18H24N4O2S. The van der Waals surface area contributed by atoms with Crippen LogP contribution in [0, 0.1) is 0 Å². The number of hydrogen-bond donors (Lipinski definition) is 2. The van der Waals surface area contributed by atoms with Crippen LogP contribution in [-0.4, -0.2) is 23.7 Å². The molecule has 7 heteroatoms. The van der Waals surface area contributed by atoms with Crippen molar-refractivity contribution in [3.05, 3.63) is 40.4 Å². The Hall–Kier alpha value is -2.41. The van der Waals surface area contributed by atoms with Crippen molar-refractivity contribution in [2.24, 2.45) is 5.10 Å². The van der Waals surface area contributed by atoms with Crippen LogP contribution in [0.2, 0.25) is 0 Å². The molecule has 0 bridgehead atoms. The van der Waals surface area contributed by atoms with Crippen LogP contribution in [-0.2, 0) is 6.42 Å². The van der Waals surface area contributed by atoms with E-state index in [-0.39, 0.29) is 5.91 Å². The zero-order chi connectivity index (χ0) is 18.1. The first-order valence-electron chi connectivity index (χ1n) is 8.45. The molecule has 0 radical (unpaired) electrons. The third-order valence-electron chi connectivity index (χ3n) is 3.53. The molecule has 0 fully saturated rings. The molecule has 1 amide bonds. The van der Waals surface area contributed by atoms with Crippen LogP contribution in [0.15, 0.2) is 29.4 Å². The van der Waals surface area contributed by atoms with Gasteiger partial charge in [0, 0.05) is 0 Å². The van der Waals surface area contributed by atoms with E-state index in [0.717, 1.165) is 24.3 Å². The number of hydrogen-bond acceptors (Lipinski definition) is 6. The van der Waals surface area contributed by atoms with Gasteiger partial charge in [-0.05, 0) is 42.7 Å². The van der Waals surface area contributed by atoms with E-state index in [4.69, 9.17) is 10.5 Å². The molecule has 3 N–H and O–H groups in total. The Morgan fingerprint density at radius 3 is 2.76 bits per heavy atom. The molecule has 25 heavy (non-hydrogen) atoms. The first kappa shape index (κ1) is 18.9. The molecule has 6 nitrogen and oxygen atoms in total. The molecule has 0 atom stereocenters. The van der Waals surface area contributed by atoms with Crippen molar-refractivity contribution in [1.82, 2.24) is 10.4 Å². The topological polar surface area (TPSA) is 89.6 Å². The number of aryl methyl sites for hydroxylation is 1. The minimum absolute atomic E-state index is 0.293. The van der Waals surface area contributed by atoms with E-state index in [1.54, 1.807) is 6.21 Å². The Kier molecular flexibility index (Phi) is 7.40. The molecule has 0 aliphatic rings. The van der Waals surface area contributed by atoms with Crippen molar-refractivity contribution in [2.75, 3.05) is 12.3 Å². The van der Waals surface area contributed by atoms with Gasteiger partial charge in [-0.3, -0.25) is 4.79 Å². The van der Waals surface area contributed by atoms with Crippen molar-refractivity contribution < 1.29 is 9.53 Å². The van der Waals surface area contributed by atoms with Crippen LogP contribution in [0.4, 0.5) is 5.13 Å². The predicted molar refractivity (Wildman–Crippen MR) is 102 cm³/mol. The fourth-order valence-corrected chi connectivity index (χ4v) is 3.01. The highest BCUT2D eigenvalue weighted by Gasteiger charge is 2.15. The van der Waals surface area contributed by atoms with Gasteiger partial charge in [-0.15, -0.1) is 0 Å². The lowest BCUT2D eigenvalue weighted by Gasteiger charge is -2.05. The van der Waals surface area contributed by atoms with Crippen LogP contribution >= 0.6 is 11.3 Å². The minimum Gasteiger partial charge on any atom is -0.494 e. The number of rotatable bonds is 9. The number of unbranched alkanes of at least 4 members (excludes halogenated alkanes) is 2. The van der Waals surface area contributed by atoms with Gasteiger partial charge in [0.15, 0.2) is 5.13 Å². The molecule has 2 aromatic rings. The van der Waals surface area contributed by atoms with Gasteiger partial charge >= 0.3 is 0 Å². The molecule has 0 spiro atoms. The fourth-order valence-electron chi connectivity index (χ4n) is 2.20. The summed E-state index contributed by atoms with van der Waals surface area (Å²) in [7, 11) is 0. The number of carbonyl (C=O) groups is 1. The maximum absolute atomic E-state index is 12.1. The van der Waals surface area contributed by atoms with Gasteiger partial charge in [0.25, 0.3) is 5.91 Å². The number of nitrogens with zero attached hydrogens (tertiary/aromatic N) is 2. The number of nitrogens with one attached hydrogen (secondary N) is 1. The highest BCUT2D eigenvalue weighted by Crippen LogP contribution is 2.20. The number of ether oxygens (including phenoxy) is 1. The predicted octanol–water partition coefficient (Wildman–Crippen LogP) is 3.62. The van der Waals surface area contributed by atoms with Crippen molar-refractivity contribution in [3.63, 3.8) is 0 Å². The van der Waals surface area contributed by atoms with Crippen LogP contribution in [0.1, 0.15) is 54.0 Å². The largest absolute Gasteiger partial charge is 0.494 e. The summed E-state index contributed by atoms with van der Waals surface area (Å²) >= 11 is 1.17. The Bertz CT molecular complexity index is 710. The maximum Gasteiger partial charge on any atom is 0.283 e. The Morgan fingerprint density at radius 1 is 1.32 bits per heavy atom. The number of benzene rings is 1. The third kappa shape index (κ3) is 5.86. The first-order chi connectivity index (χ1) is 12.1. The number of carbonyl (C=O) groups excluding carboxylic acids is 1. The average Bonchev–Trinajstić information content (AvgIpc) is 3.01. The van der Waals surface area contributed by atoms with Crippen LogP contribution in [0.5, 0.6) is 5.75 Å². The molecule has 0 aliphatic heterocycles. The number of thiazole rings is 1. The lowest BCUT2D eigenvalue weighted by atomic mass is 10.2. The van der Waals surface area contributed by atoms with Crippen molar-refractivity contribution >= 4 is 28.6 Å². The maximum atomic E-state index is 12.1. The number of hydrazone groups is 1. The summed E-state index contributed by atoms with van der Waals surface area (Å²) in [6.07, 6.45) is 5.66. The van der Waals surface area contributed by atoms with Gasteiger partial charge in [-0.2, -0.15) is 5.10 Å². The van der Waals surface area contributed by atoms with Crippen molar-refractivity contribution in [2.45, 2.75) is 39.5 Å². The summed E-state index contributed by atoms with van der Waals surface area (Å²) in [5.41, 5.74) is 9.74. The highest BCUT2D eigenvalue weighted by molar-refractivity contribution is 7.17. The number of aromatic nitrogens is 1. The lowest BCUT2D eigenvalue weighted by Crippen LogP contribution is -2.17. The molecule has 2 rings (SSSR count). The van der Waals surface area contributed by atoms with Gasteiger partial charge in [-0.25, -0.2) is 10.4 Å². The number of nitrogens with two attached hydrogens (primary N) is 1. The van der Waals surface area contributed by atoms with E-state index in [0.29, 0.717) is 22.1 Å². The zero-order valence-corrected chi connectivity index (χ0v) is 15.4. The summed E-state index contributed by atoms with van der Waals surface area (Å²) in [5.74, 6) is 0.545. The summed E-state index contributed by atoms with van der Waals surface area (Å²) in [6.45, 7) is 4.83. The number of anilines is 1. The smallest absolute Gasteiger partial charge is 0.283 e. The number of amides is 1. The average molecular weight is 360 g/mol. The summed E-state index contributed by atoms with van der Waals surface area (Å²) in [5, 5.41) is 4.38. The van der Waals surface area contributed by atoms with Gasteiger partial charge in [0.1, 0.15) is 10.6 Å². The fraction of sp³-hybridized carbons (Fsp3) is 0.389. The Morgan fingerprint density at radius 2 is 2.08 bits per heavy atom. The molecule has 1 aromatic carbocycles. The quantitative estimate of drug-likeness (QED) is 0.406. The van der Waals surface area contributed by atoms with E-state index in [1.165, 1.54) is 24.2 Å². The summed E-state index contributed by atoms with van der Waals surface area (Å²) in [6, 6.07) is 7.59. The van der Waals surface area contributed by atoms with E-state index in [1.807, 2.05) is 31.2 Å². The van der Waals surface area contributed by atoms with E-state index in [9.17, 15) is 4.79 Å². The standard InChI is InChI=1S/C18H24N4O2S/c1-3-5-6-11-24-14-9-7-13(8-10-14)12-20-22-17(23)16-15(4-2)21-18(19)25-16/h7-10,12H,3-6,11H2,1-2H3,(H2,19,21)(H,22,23)/b20-12-. The summed E-state index contributed by atoms with van der Waals surface area (Å²) in [4.78, 5) is 16.8. The normalized spacial score (nSPS) is 11.0. The van der Waals surface area contributed by atoms with Gasteiger partial charge in [0.05, 0.1) is 18.5 Å². The van der Waals surface area contributed by atoms with Gasteiger partial charge in [0.2, 0.25) is 0 Å². The number of nitrogen functional groups attached to an aromatic ring is 1. The van der Waals surface area contributed by atoms with Gasteiger partial charge in [-0.1, -0.05) is 38.0 Å². The molecule has 1 heterocycles. The van der Waals surface area contributed by atoms with Crippen LogP contribution in [0.25, 0.3) is 0 Å². The second-order valence-electron chi connectivity index (χ2n) is 5.51. The third-order valence-corrected chi connectivity index (χ3v) is 4.46. The molecule has 0 saturated carbocycles. The van der Waals surface area contributed by atoms with E-state index < -0.39 is 0 Å². The molecule has 0 unspecified atom stereocenters.